The van der Waals surface area contributed by atoms with Gasteiger partial charge in [-0.15, -0.1) is 0 Å². The van der Waals surface area contributed by atoms with Gasteiger partial charge in [-0.2, -0.15) is 0 Å². The maximum Gasteiger partial charge on any atom is 0.305 e. The number of carbonyl (C=O) groups is 3. The van der Waals surface area contributed by atoms with Gasteiger partial charge in [-0.3, -0.25) is 14.4 Å². The van der Waals surface area contributed by atoms with Gasteiger partial charge in [0, 0.05) is 26.0 Å². The van der Waals surface area contributed by atoms with Gasteiger partial charge >= 0.3 is 11.9 Å². The first-order chi connectivity index (χ1) is 30.6. The molecule has 0 aliphatic rings. The normalized spacial score (nSPS) is 11.4. The molecule has 0 aliphatic carbocycles. The third-order valence-electron chi connectivity index (χ3n) is 9.05. The number of rotatable bonds is 54. The molecule has 0 aromatic heterocycles. The van der Waals surface area contributed by atoms with Crippen LogP contribution in [0.15, 0.2) is 0 Å². The molecule has 0 aromatic rings. The van der Waals surface area contributed by atoms with Crippen molar-refractivity contribution < 1.29 is 76.3 Å². The van der Waals surface area contributed by atoms with E-state index in [1.807, 2.05) is 0 Å². The number of carboxylic acid groups (broad SMARTS) is 1. The van der Waals surface area contributed by atoms with E-state index in [-0.39, 0.29) is 31.3 Å². The Morgan fingerprint density at radius 3 is 0.952 bits per heavy atom. The number of ether oxygens (including phenoxy) is 12. The number of aliphatic carboxylic acids is 1. The second-order valence-corrected chi connectivity index (χ2v) is 14.5. The van der Waals surface area contributed by atoms with E-state index in [1.54, 1.807) is 0 Å². The summed E-state index contributed by atoms with van der Waals surface area (Å²) in [6, 6.07) is 0. The van der Waals surface area contributed by atoms with Crippen LogP contribution in [-0.2, 0) is 71.2 Å². The standard InChI is InChI=1S/C45H87NO16/c1-2-3-4-5-6-7-8-9-10-11-12-13-14-16-45(50)62-42-41-61-40-39-60-38-37-59-36-35-58-34-33-57-32-31-56-30-29-55-28-27-54-26-25-53-24-23-52-22-21-51-20-15-19-46-43(47)17-18-44(48)49/h2-42H2,1H3,(H,46,47)(H,48,49). The van der Waals surface area contributed by atoms with Crippen molar-refractivity contribution in [3.8, 4) is 0 Å². The molecule has 368 valence electrons. The lowest BCUT2D eigenvalue weighted by atomic mass is 10.0. The van der Waals surface area contributed by atoms with Crippen LogP contribution in [-0.4, -0.2) is 181 Å². The Balaban J connectivity index is 3.14. The predicted molar refractivity (Wildman–Crippen MR) is 235 cm³/mol. The summed E-state index contributed by atoms with van der Waals surface area (Å²) in [4.78, 5) is 33.7. The van der Waals surface area contributed by atoms with Gasteiger partial charge in [0.15, 0.2) is 0 Å². The highest BCUT2D eigenvalue weighted by atomic mass is 16.6. The summed E-state index contributed by atoms with van der Waals surface area (Å²) in [5, 5.41) is 11.2. The number of hydrogen-bond acceptors (Lipinski definition) is 15. The van der Waals surface area contributed by atoms with Gasteiger partial charge < -0.3 is 67.3 Å². The van der Waals surface area contributed by atoms with Crippen molar-refractivity contribution in [1.29, 1.82) is 0 Å². The van der Waals surface area contributed by atoms with Crippen LogP contribution in [0.3, 0.4) is 0 Å². The van der Waals surface area contributed by atoms with Gasteiger partial charge in [-0.25, -0.2) is 0 Å². The Hall–Kier alpha value is -2.03. The van der Waals surface area contributed by atoms with E-state index in [0.29, 0.717) is 165 Å². The number of hydrogen-bond donors (Lipinski definition) is 2. The summed E-state index contributed by atoms with van der Waals surface area (Å²) in [7, 11) is 0. The second kappa shape index (κ2) is 53.3. The fourth-order valence-corrected chi connectivity index (χ4v) is 5.59. The van der Waals surface area contributed by atoms with Gasteiger partial charge in [0.05, 0.1) is 145 Å². The zero-order valence-corrected chi connectivity index (χ0v) is 38.6. The summed E-state index contributed by atoms with van der Waals surface area (Å²) in [6.45, 7) is 13.3. The lowest BCUT2D eigenvalue weighted by molar-refractivity contribution is -0.145. The van der Waals surface area contributed by atoms with Crippen molar-refractivity contribution >= 4 is 17.8 Å². The predicted octanol–water partition coefficient (Wildman–Crippen LogP) is 5.56. The summed E-state index contributed by atoms with van der Waals surface area (Å²) < 4.78 is 65.5. The lowest BCUT2D eigenvalue weighted by Crippen LogP contribution is -2.25. The molecule has 0 rings (SSSR count). The minimum absolute atomic E-state index is 0.0132. The van der Waals surface area contributed by atoms with E-state index in [9.17, 15) is 14.4 Å². The Labute approximate surface area is 373 Å². The van der Waals surface area contributed by atoms with E-state index < -0.39 is 5.97 Å². The molecule has 0 radical (unpaired) electrons. The van der Waals surface area contributed by atoms with Crippen molar-refractivity contribution in [2.75, 3.05) is 159 Å². The first-order valence-corrected chi connectivity index (χ1v) is 23.6. The van der Waals surface area contributed by atoms with Crippen molar-refractivity contribution in [3.63, 3.8) is 0 Å². The lowest BCUT2D eigenvalue weighted by Gasteiger charge is -2.09. The van der Waals surface area contributed by atoms with Crippen molar-refractivity contribution in [2.24, 2.45) is 0 Å². The Morgan fingerprint density at radius 2 is 0.629 bits per heavy atom. The van der Waals surface area contributed by atoms with Crippen LogP contribution in [0.25, 0.3) is 0 Å². The summed E-state index contributed by atoms with van der Waals surface area (Å²) in [5.74, 6) is -1.39. The molecule has 0 saturated heterocycles. The summed E-state index contributed by atoms with van der Waals surface area (Å²) >= 11 is 0. The van der Waals surface area contributed by atoms with Gasteiger partial charge in [0.25, 0.3) is 0 Å². The SMILES string of the molecule is CCCCCCCCCCCCCCCC(=O)OCCOCCOCCOCCOCCOCCOCCOCCOCCOCCOCCOCCCNC(=O)CCC(=O)O. The third kappa shape index (κ3) is 54.1. The van der Waals surface area contributed by atoms with E-state index >= 15 is 0 Å². The number of nitrogens with one attached hydrogen (secondary N) is 1. The van der Waals surface area contributed by atoms with E-state index in [1.165, 1.54) is 70.6 Å². The van der Waals surface area contributed by atoms with Gasteiger partial charge in [-0.05, 0) is 12.8 Å². The monoisotopic (exact) mass is 898 g/mol. The van der Waals surface area contributed by atoms with Gasteiger partial charge in [0.1, 0.15) is 6.61 Å². The number of amides is 1. The van der Waals surface area contributed by atoms with Crippen LogP contribution >= 0.6 is 0 Å². The van der Waals surface area contributed by atoms with Crippen LogP contribution in [0.1, 0.15) is 116 Å². The zero-order valence-electron chi connectivity index (χ0n) is 38.6. The van der Waals surface area contributed by atoms with Crippen LogP contribution in [0.2, 0.25) is 0 Å². The average Bonchev–Trinajstić information content (AvgIpc) is 3.26. The van der Waals surface area contributed by atoms with E-state index in [2.05, 4.69) is 12.2 Å². The van der Waals surface area contributed by atoms with Crippen LogP contribution in [0.5, 0.6) is 0 Å². The maximum atomic E-state index is 11.9. The van der Waals surface area contributed by atoms with Crippen molar-refractivity contribution in [1.82, 2.24) is 5.32 Å². The smallest absolute Gasteiger partial charge is 0.305 e. The third-order valence-corrected chi connectivity index (χ3v) is 9.05. The molecule has 0 aliphatic heterocycles. The molecule has 0 bridgehead atoms. The molecule has 0 heterocycles. The summed E-state index contributed by atoms with van der Waals surface area (Å²) in [6.07, 6.45) is 17.7. The van der Waals surface area contributed by atoms with E-state index in [4.69, 9.17) is 61.9 Å². The Kier molecular flexibility index (Phi) is 51.6. The first kappa shape index (κ1) is 60.0. The van der Waals surface area contributed by atoms with Crippen LogP contribution in [0, 0.1) is 0 Å². The molecule has 1 amide bonds. The maximum absolute atomic E-state index is 11.9. The molecule has 17 nitrogen and oxygen atoms in total. The molecule has 62 heavy (non-hydrogen) atoms. The zero-order chi connectivity index (χ0) is 44.9. The molecule has 17 heteroatoms. The number of unbranched alkanes of at least 4 members (excludes halogenated alkanes) is 12. The molecule has 0 unspecified atom stereocenters. The highest BCUT2D eigenvalue weighted by molar-refractivity contribution is 5.80. The molecule has 2 N–H and O–H groups in total. The quantitative estimate of drug-likeness (QED) is 0.0568. The van der Waals surface area contributed by atoms with Crippen molar-refractivity contribution in [2.45, 2.75) is 116 Å². The summed E-state index contributed by atoms with van der Waals surface area (Å²) in [5.41, 5.74) is 0. The molecule has 0 atom stereocenters. The molecular weight excluding hydrogens is 810 g/mol. The second-order valence-electron chi connectivity index (χ2n) is 14.5. The molecular formula is C45H87NO16. The highest BCUT2D eigenvalue weighted by Crippen LogP contribution is 2.13. The Morgan fingerprint density at radius 1 is 0.339 bits per heavy atom. The minimum Gasteiger partial charge on any atom is -0.481 e. The van der Waals surface area contributed by atoms with Crippen LogP contribution < -0.4 is 5.32 Å². The topological polar surface area (TPSA) is 194 Å². The Bertz CT molecular complexity index is 934. The highest BCUT2D eigenvalue weighted by Gasteiger charge is 2.05. The van der Waals surface area contributed by atoms with E-state index in [0.717, 1.165) is 12.8 Å². The molecule has 0 aromatic carbocycles. The number of carbonyl (C=O) groups excluding carboxylic acids is 2. The largest absolute Gasteiger partial charge is 0.481 e. The molecule has 0 fully saturated rings. The van der Waals surface area contributed by atoms with Crippen molar-refractivity contribution in [3.05, 3.63) is 0 Å². The number of esters is 1. The average molecular weight is 898 g/mol. The molecule has 0 spiro atoms. The van der Waals surface area contributed by atoms with Gasteiger partial charge in [-0.1, -0.05) is 84.0 Å². The molecule has 0 saturated carbocycles. The number of carboxylic acids is 1. The first-order valence-electron chi connectivity index (χ1n) is 23.6. The fourth-order valence-electron chi connectivity index (χ4n) is 5.59. The van der Waals surface area contributed by atoms with Crippen LogP contribution in [0.4, 0.5) is 0 Å². The minimum atomic E-state index is -0.985. The van der Waals surface area contributed by atoms with Gasteiger partial charge in [0.2, 0.25) is 5.91 Å². The fraction of sp³-hybridized carbons (Fsp3) is 0.933.